The number of terminal acetylenes is 1. The molecule has 2 heterocycles. The summed E-state index contributed by atoms with van der Waals surface area (Å²) in [5.41, 5.74) is 1.52. The van der Waals surface area contributed by atoms with Crippen LogP contribution >= 0.6 is 15.9 Å². The van der Waals surface area contributed by atoms with E-state index in [1.165, 1.54) is 0 Å². The van der Waals surface area contributed by atoms with E-state index in [-0.39, 0.29) is 0 Å². The number of hydrogen-bond donors (Lipinski definition) is 0. The summed E-state index contributed by atoms with van der Waals surface area (Å²) in [4.78, 5) is 4.19. The fourth-order valence-corrected chi connectivity index (χ4v) is 1.35. The molecule has 2 aromatic rings. The molecule has 0 aliphatic heterocycles. The van der Waals surface area contributed by atoms with Crippen LogP contribution in [0.4, 0.5) is 0 Å². The van der Waals surface area contributed by atoms with Gasteiger partial charge < -0.3 is 4.40 Å². The van der Waals surface area contributed by atoms with Gasteiger partial charge in [0.1, 0.15) is 11.3 Å². The molecule has 2 nitrogen and oxygen atoms in total. The first-order chi connectivity index (χ1) is 5.79. The van der Waals surface area contributed by atoms with Crippen molar-refractivity contribution in [2.45, 2.75) is 0 Å². The summed E-state index contributed by atoms with van der Waals surface area (Å²) in [6, 6.07) is 3.86. The summed E-state index contributed by atoms with van der Waals surface area (Å²) >= 11 is 3.36. The van der Waals surface area contributed by atoms with Crippen LogP contribution in [0.5, 0.6) is 0 Å². The molecule has 2 rings (SSSR count). The number of nitrogens with zero attached hydrogens (tertiary/aromatic N) is 2. The summed E-state index contributed by atoms with van der Waals surface area (Å²) in [7, 11) is 0. The minimum absolute atomic E-state index is 0.660. The zero-order valence-corrected chi connectivity index (χ0v) is 7.75. The largest absolute Gasteiger partial charge is 0.306 e. The van der Waals surface area contributed by atoms with Crippen molar-refractivity contribution in [3.63, 3.8) is 0 Å². The third-order valence-electron chi connectivity index (χ3n) is 1.57. The second kappa shape index (κ2) is 2.65. The molecule has 0 aliphatic carbocycles. The first kappa shape index (κ1) is 7.38. The predicted octanol–water partition coefficient (Wildman–Crippen LogP) is 2.08. The van der Waals surface area contributed by atoms with Crippen LogP contribution < -0.4 is 0 Å². The van der Waals surface area contributed by atoms with E-state index in [0.29, 0.717) is 5.69 Å². The van der Waals surface area contributed by atoms with Crippen LogP contribution in [0.1, 0.15) is 5.69 Å². The van der Waals surface area contributed by atoms with Gasteiger partial charge in [-0.25, -0.2) is 4.98 Å². The van der Waals surface area contributed by atoms with Crippen LogP contribution in [0.25, 0.3) is 5.65 Å². The number of fused-ring (bicyclic) bond motifs is 1. The molecular weight excluding hydrogens is 216 g/mol. The zero-order valence-electron chi connectivity index (χ0n) is 6.16. The molecule has 0 atom stereocenters. The van der Waals surface area contributed by atoms with Gasteiger partial charge in [0.05, 0.1) is 0 Å². The first-order valence-corrected chi connectivity index (χ1v) is 4.20. The van der Waals surface area contributed by atoms with Crippen LogP contribution in [0.15, 0.2) is 29.0 Å². The Balaban J connectivity index is 2.77. The van der Waals surface area contributed by atoms with E-state index in [9.17, 15) is 0 Å². The van der Waals surface area contributed by atoms with Crippen molar-refractivity contribution in [1.82, 2.24) is 9.38 Å². The molecule has 0 aliphatic rings. The van der Waals surface area contributed by atoms with Gasteiger partial charge in [-0.05, 0) is 18.1 Å². The van der Waals surface area contributed by atoms with Gasteiger partial charge in [0.25, 0.3) is 0 Å². The highest BCUT2D eigenvalue weighted by atomic mass is 79.9. The van der Waals surface area contributed by atoms with E-state index < -0.39 is 0 Å². The lowest BCUT2D eigenvalue weighted by Crippen LogP contribution is -1.79. The molecule has 0 fully saturated rings. The van der Waals surface area contributed by atoms with Gasteiger partial charge in [0, 0.05) is 16.9 Å². The normalized spacial score (nSPS) is 10.0. The highest BCUT2D eigenvalue weighted by Crippen LogP contribution is 2.12. The Morgan fingerprint density at radius 1 is 1.58 bits per heavy atom. The SMILES string of the molecule is C#Cc1cn2ccc(Br)cc2n1. The van der Waals surface area contributed by atoms with Crippen molar-refractivity contribution in [2.24, 2.45) is 0 Å². The molecule has 0 bridgehead atoms. The lowest BCUT2D eigenvalue weighted by Gasteiger charge is -1.91. The minimum atomic E-state index is 0.660. The molecule has 0 radical (unpaired) electrons. The highest BCUT2D eigenvalue weighted by Gasteiger charge is 1.97. The number of imidazole rings is 1. The zero-order chi connectivity index (χ0) is 8.55. The Hall–Kier alpha value is -1.27. The molecular formula is C9H5BrN2. The van der Waals surface area contributed by atoms with Gasteiger partial charge in [-0.15, -0.1) is 6.42 Å². The van der Waals surface area contributed by atoms with Crippen LogP contribution in [-0.4, -0.2) is 9.38 Å². The monoisotopic (exact) mass is 220 g/mol. The van der Waals surface area contributed by atoms with E-state index in [1.807, 2.05) is 28.9 Å². The van der Waals surface area contributed by atoms with Crippen molar-refractivity contribution in [3.05, 3.63) is 34.7 Å². The average Bonchev–Trinajstić information content (AvgIpc) is 2.46. The summed E-state index contributed by atoms with van der Waals surface area (Å²) in [5.74, 6) is 2.49. The number of pyridine rings is 1. The van der Waals surface area contributed by atoms with E-state index in [4.69, 9.17) is 6.42 Å². The second-order valence-electron chi connectivity index (χ2n) is 2.38. The van der Waals surface area contributed by atoms with Crippen LogP contribution in [-0.2, 0) is 0 Å². The molecule has 0 N–H and O–H groups in total. The predicted molar refractivity (Wildman–Crippen MR) is 50.8 cm³/mol. The van der Waals surface area contributed by atoms with Gasteiger partial charge in [-0.3, -0.25) is 0 Å². The fraction of sp³-hybridized carbons (Fsp3) is 0. The third kappa shape index (κ3) is 1.10. The Morgan fingerprint density at radius 2 is 2.42 bits per heavy atom. The average molecular weight is 221 g/mol. The molecule has 12 heavy (non-hydrogen) atoms. The Morgan fingerprint density at radius 3 is 3.17 bits per heavy atom. The minimum Gasteiger partial charge on any atom is -0.306 e. The third-order valence-corrected chi connectivity index (χ3v) is 2.06. The maximum atomic E-state index is 5.21. The van der Waals surface area contributed by atoms with E-state index in [2.05, 4.69) is 26.8 Å². The molecule has 3 heteroatoms. The number of halogens is 1. The van der Waals surface area contributed by atoms with E-state index in [0.717, 1.165) is 10.1 Å². The standard InChI is InChI=1S/C9H5BrN2/c1-2-8-6-12-4-3-7(10)5-9(12)11-8/h1,3-6H. The Labute approximate surface area is 78.4 Å². The first-order valence-electron chi connectivity index (χ1n) is 3.40. The second-order valence-corrected chi connectivity index (χ2v) is 3.30. The molecule has 2 aromatic heterocycles. The van der Waals surface area contributed by atoms with Gasteiger partial charge in [-0.2, -0.15) is 0 Å². The van der Waals surface area contributed by atoms with E-state index >= 15 is 0 Å². The summed E-state index contributed by atoms with van der Waals surface area (Å²) in [5, 5.41) is 0. The number of rotatable bonds is 0. The number of hydrogen-bond acceptors (Lipinski definition) is 1. The topological polar surface area (TPSA) is 17.3 Å². The maximum absolute atomic E-state index is 5.21. The maximum Gasteiger partial charge on any atom is 0.139 e. The van der Waals surface area contributed by atoms with Crippen molar-refractivity contribution in [1.29, 1.82) is 0 Å². The highest BCUT2D eigenvalue weighted by molar-refractivity contribution is 9.10. The molecule has 58 valence electrons. The lowest BCUT2D eigenvalue weighted by atomic mass is 10.5. The molecule has 0 spiro atoms. The smallest absolute Gasteiger partial charge is 0.139 e. The van der Waals surface area contributed by atoms with Crippen molar-refractivity contribution in [2.75, 3.05) is 0 Å². The quantitative estimate of drug-likeness (QED) is 0.622. The van der Waals surface area contributed by atoms with Crippen LogP contribution in [0, 0.1) is 12.3 Å². The molecule has 0 amide bonds. The van der Waals surface area contributed by atoms with Crippen molar-refractivity contribution >= 4 is 21.6 Å². The lowest BCUT2D eigenvalue weighted by molar-refractivity contribution is 1.18. The summed E-state index contributed by atoms with van der Waals surface area (Å²) < 4.78 is 2.89. The Bertz CT molecular complexity index is 465. The van der Waals surface area contributed by atoms with Gasteiger partial charge in [0.2, 0.25) is 0 Å². The van der Waals surface area contributed by atoms with Crippen LogP contribution in [0.2, 0.25) is 0 Å². The van der Waals surface area contributed by atoms with E-state index in [1.54, 1.807) is 0 Å². The molecule has 0 unspecified atom stereocenters. The number of aromatic nitrogens is 2. The van der Waals surface area contributed by atoms with Crippen molar-refractivity contribution in [3.8, 4) is 12.3 Å². The summed E-state index contributed by atoms with van der Waals surface area (Å²) in [6.45, 7) is 0. The van der Waals surface area contributed by atoms with Gasteiger partial charge in [-0.1, -0.05) is 15.9 Å². The molecule has 0 saturated carbocycles. The Kier molecular flexibility index (Phi) is 1.63. The molecule has 0 saturated heterocycles. The van der Waals surface area contributed by atoms with Crippen molar-refractivity contribution < 1.29 is 0 Å². The summed E-state index contributed by atoms with van der Waals surface area (Å²) in [6.07, 6.45) is 8.95. The van der Waals surface area contributed by atoms with Gasteiger partial charge >= 0.3 is 0 Å². The molecule has 0 aromatic carbocycles. The van der Waals surface area contributed by atoms with Crippen LogP contribution in [0.3, 0.4) is 0 Å². The fourth-order valence-electron chi connectivity index (χ4n) is 1.03. The van der Waals surface area contributed by atoms with Gasteiger partial charge in [0.15, 0.2) is 0 Å².